The van der Waals surface area contributed by atoms with Crippen LogP contribution in [-0.4, -0.2) is 30.2 Å². The van der Waals surface area contributed by atoms with Crippen molar-refractivity contribution in [2.75, 3.05) is 16.9 Å². The monoisotopic (exact) mass is 438 g/mol. The third-order valence-electron chi connectivity index (χ3n) is 3.72. The minimum absolute atomic E-state index is 0.0646. The fourth-order valence-corrected chi connectivity index (χ4v) is 3.64. The van der Waals surface area contributed by atoms with E-state index < -0.39 is 28.4 Å². The molecule has 0 aliphatic carbocycles. The number of urea groups is 1. The van der Waals surface area contributed by atoms with E-state index in [9.17, 15) is 22.1 Å². The number of hydrogen-bond acceptors (Lipinski definition) is 5. The van der Waals surface area contributed by atoms with Crippen LogP contribution in [0.25, 0.3) is 10.4 Å². The molecule has 0 atom stereocenters. The van der Waals surface area contributed by atoms with Crippen molar-refractivity contribution >= 4 is 38.8 Å². The predicted octanol–water partition coefficient (Wildman–Crippen LogP) is 4.24. The van der Waals surface area contributed by atoms with Gasteiger partial charge in [-0.15, -0.1) is 15.8 Å². The lowest BCUT2D eigenvalue weighted by Gasteiger charge is -2.08. The Hall–Kier alpha value is -2.89. The molecule has 0 aliphatic rings. The second-order valence-electron chi connectivity index (χ2n) is 5.96. The molecule has 0 bridgehead atoms. The highest BCUT2D eigenvalue weighted by Gasteiger charge is 2.18. The van der Waals surface area contributed by atoms with Gasteiger partial charge in [-0.1, -0.05) is 24.3 Å². The van der Waals surface area contributed by atoms with Crippen molar-refractivity contribution in [1.29, 1.82) is 0 Å². The lowest BCUT2D eigenvalue weighted by Crippen LogP contribution is -2.20. The first kappa shape index (κ1) is 20.8. The number of benzene rings is 2. The number of nitrogens with one attached hydrogen (secondary N) is 2. The van der Waals surface area contributed by atoms with E-state index in [0.717, 1.165) is 23.2 Å². The van der Waals surface area contributed by atoms with Crippen LogP contribution in [0, 0.1) is 5.82 Å². The Morgan fingerprint density at radius 2 is 1.83 bits per heavy atom. The van der Waals surface area contributed by atoms with E-state index in [1.54, 1.807) is 30.3 Å². The summed E-state index contributed by atoms with van der Waals surface area (Å²) in [5.41, 5.74) is 1.31. The highest BCUT2D eigenvalue weighted by atomic mass is 32.2. The zero-order valence-corrected chi connectivity index (χ0v) is 16.7. The molecule has 1 heterocycles. The molecular formula is C18H16F2N4O3S2. The van der Waals surface area contributed by atoms with Gasteiger partial charge < -0.3 is 10.6 Å². The van der Waals surface area contributed by atoms with Gasteiger partial charge in [-0.2, -0.15) is 0 Å². The van der Waals surface area contributed by atoms with Gasteiger partial charge in [0.2, 0.25) is 10.0 Å². The first-order valence-electron chi connectivity index (χ1n) is 8.23. The quantitative estimate of drug-likeness (QED) is 0.563. The Balaban J connectivity index is 1.63. The van der Waals surface area contributed by atoms with Crippen LogP contribution < -0.4 is 10.6 Å². The molecule has 29 heavy (non-hydrogen) atoms. The molecule has 0 aliphatic heterocycles. The van der Waals surface area contributed by atoms with Gasteiger partial charge in [0.1, 0.15) is 10.8 Å². The number of anilines is 2. The normalized spacial score (nSPS) is 11.4. The summed E-state index contributed by atoms with van der Waals surface area (Å²) in [6.07, 6.45) is 2.29. The fraction of sp³-hybridized carbons (Fsp3) is 0.111. The summed E-state index contributed by atoms with van der Waals surface area (Å²) in [7, 11) is -3.94. The Bertz CT molecular complexity index is 1120. The van der Waals surface area contributed by atoms with Crippen LogP contribution in [0.4, 0.5) is 25.0 Å². The first-order valence-corrected chi connectivity index (χ1v) is 10.9. The summed E-state index contributed by atoms with van der Waals surface area (Å²) in [5, 5.41) is 5.31. The van der Waals surface area contributed by atoms with E-state index in [2.05, 4.69) is 15.6 Å². The van der Waals surface area contributed by atoms with Gasteiger partial charge in [-0.3, -0.25) is 0 Å². The average molecular weight is 438 g/mol. The Morgan fingerprint density at radius 1 is 1.14 bits per heavy atom. The van der Waals surface area contributed by atoms with Crippen LogP contribution in [0.1, 0.15) is 5.01 Å². The van der Waals surface area contributed by atoms with E-state index in [4.69, 9.17) is 0 Å². The van der Waals surface area contributed by atoms with Crippen molar-refractivity contribution < 1.29 is 22.1 Å². The minimum Gasteiger partial charge on any atom is -0.308 e. The third kappa shape index (κ3) is 5.56. The maximum atomic E-state index is 13.6. The molecule has 2 N–H and O–H groups in total. The maximum Gasteiger partial charge on any atom is 0.323 e. The largest absolute Gasteiger partial charge is 0.323 e. The summed E-state index contributed by atoms with van der Waals surface area (Å²) in [4.78, 5) is 16.7. The zero-order chi connectivity index (χ0) is 21.0. The van der Waals surface area contributed by atoms with Gasteiger partial charge in [0, 0.05) is 11.9 Å². The molecule has 0 saturated heterocycles. The number of carbonyl (C=O) groups excluding carboxylic acids is 1. The number of hydrogen-bond donors (Lipinski definition) is 2. The number of sulfonamides is 1. The first-order chi connectivity index (χ1) is 13.7. The number of aromatic nitrogens is 1. The van der Waals surface area contributed by atoms with Crippen LogP contribution >= 0.6 is 11.3 Å². The topological polar surface area (TPSA) is 91.4 Å². The van der Waals surface area contributed by atoms with E-state index in [-0.39, 0.29) is 10.2 Å². The van der Waals surface area contributed by atoms with Gasteiger partial charge in [-0.25, -0.2) is 22.6 Å². The molecule has 0 saturated carbocycles. The van der Waals surface area contributed by atoms with Crippen LogP contribution in [-0.2, 0) is 16.6 Å². The van der Waals surface area contributed by atoms with Gasteiger partial charge in [0.25, 0.3) is 0 Å². The Morgan fingerprint density at radius 3 is 2.48 bits per heavy atom. The molecule has 0 radical (unpaired) electrons. The predicted molar refractivity (Wildman–Crippen MR) is 108 cm³/mol. The van der Waals surface area contributed by atoms with E-state index >= 15 is 0 Å². The van der Waals surface area contributed by atoms with E-state index in [0.29, 0.717) is 15.6 Å². The second-order valence-corrected chi connectivity index (χ2v) is 8.94. The molecule has 0 fully saturated rings. The fourth-order valence-electron chi connectivity index (χ4n) is 2.31. The summed E-state index contributed by atoms with van der Waals surface area (Å²) in [6.45, 7) is -0.459. The van der Waals surface area contributed by atoms with E-state index in [1.807, 2.05) is 0 Å². The standard InChI is InChI=1S/C18H16F2N4O3S2/c1-29(26,27)24(20)11-17-21-10-16(28-17)12-6-8-13(9-7-12)22-18(25)23-15-5-3-2-4-14(15)19/h2-10H,11H2,1H3,(H2,22,23,25). The van der Waals surface area contributed by atoms with Crippen LogP contribution in [0.2, 0.25) is 0 Å². The SMILES string of the molecule is CS(=O)(=O)N(F)Cc1ncc(-c2ccc(NC(=O)Nc3ccccc3F)cc2)s1. The molecule has 2 aromatic carbocycles. The average Bonchev–Trinajstić information content (AvgIpc) is 3.12. The maximum absolute atomic E-state index is 13.6. The molecular weight excluding hydrogens is 422 g/mol. The Kier molecular flexibility index (Phi) is 6.20. The Labute approximate surface area is 170 Å². The number of thiazole rings is 1. The highest BCUT2D eigenvalue weighted by Crippen LogP contribution is 2.28. The smallest absolute Gasteiger partial charge is 0.308 e. The molecule has 7 nitrogen and oxygen atoms in total. The van der Waals surface area contributed by atoms with Crippen molar-refractivity contribution in [2.24, 2.45) is 0 Å². The molecule has 3 rings (SSSR count). The van der Waals surface area contributed by atoms with Gasteiger partial charge >= 0.3 is 6.03 Å². The van der Waals surface area contributed by atoms with Crippen molar-refractivity contribution in [2.45, 2.75) is 6.54 Å². The third-order valence-corrected chi connectivity index (χ3v) is 5.60. The molecule has 152 valence electrons. The molecule has 3 aromatic rings. The lowest BCUT2D eigenvalue weighted by atomic mass is 10.2. The van der Waals surface area contributed by atoms with Crippen molar-refractivity contribution in [3.05, 3.63) is 65.6 Å². The number of para-hydroxylation sites is 1. The zero-order valence-electron chi connectivity index (χ0n) is 15.1. The number of amides is 2. The van der Waals surface area contributed by atoms with Crippen molar-refractivity contribution in [3.63, 3.8) is 0 Å². The summed E-state index contributed by atoms with van der Waals surface area (Å²) in [5.74, 6) is -0.540. The minimum atomic E-state index is -3.94. The molecule has 1 aromatic heterocycles. The lowest BCUT2D eigenvalue weighted by molar-refractivity contribution is 0.131. The number of nitrogens with zero attached hydrogens (tertiary/aromatic N) is 2. The van der Waals surface area contributed by atoms with Gasteiger partial charge in [0.15, 0.2) is 0 Å². The van der Waals surface area contributed by atoms with Crippen LogP contribution in [0.3, 0.4) is 0 Å². The van der Waals surface area contributed by atoms with Crippen molar-refractivity contribution in [3.8, 4) is 10.4 Å². The van der Waals surface area contributed by atoms with Crippen LogP contribution in [0.5, 0.6) is 0 Å². The number of halogens is 2. The molecule has 11 heteroatoms. The summed E-state index contributed by atoms with van der Waals surface area (Å²) < 4.78 is 49.1. The molecule has 0 unspecified atom stereocenters. The van der Waals surface area contributed by atoms with E-state index in [1.165, 1.54) is 24.4 Å². The number of rotatable bonds is 6. The van der Waals surface area contributed by atoms with Gasteiger partial charge in [0.05, 0.1) is 23.4 Å². The highest BCUT2D eigenvalue weighted by molar-refractivity contribution is 7.88. The van der Waals surface area contributed by atoms with Crippen molar-refractivity contribution in [1.82, 2.24) is 9.51 Å². The van der Waals surface area contributed by atoms with Crippen LogP contribution in [0.15, 0.2) is 54.7 Å². The second kappa shape index (κ2) is 8.64. The van der Waals surface area contributed by atoms with Gasteiger partial charge in [-0.05, 0) is 34.4 Å². The molecule has 0 spiro atoms. The molecule has 2 amide bonds. The summed E-state index contributed by atoms with van der Waals surface area (Å²) in [6, 6.07) is 12.0. The number of carbonyl (C=O) groups is 1. The summed E-state index contributed by atoms with van der Waals surface area (Å²) >= 11 is 1.15.